The maximum Gasteiger partial charge on any atom is 0.186 e. The van der Waals surface area contributed by atoms with Gasteiger partial charge in [0.1, 0.15) is 0 Å². The molecule has 0 unspecified atom stereocenters. The van der Waals surface area contributed by atoms with Gasteiger partial charge in [0.25, 0.3) is 0 Å². The predicted molar refractivity (Wildman–Crippen MR) is 93.0 cm³/mol. The van der Waals surface area contributed by atoms with Crippen LogP contribution >= 0.6 is 0 Å². The van der Waals surface area contributed by atoms with Crippen LogP contribution in [-0.2, 0) is 0 Å². The second kappa shape index (κ2) is 6.53. The van der Waals surface area contributed by atoms with Gasteiger partial charge >= 0.3 is 0 Å². The minimum atomic E-state index is -1.73. The fourth-order valence-corrected chi connectivity index (χ4v) is 3.17. The zero-order chi connectivity index (χ0) is 16.3. The van der Waals surface area contributed by atoms with Gasteiger partial charge < -0.3 is 10.2 Å². The second-order valence-electron chi connectivity index (χ2n) is 6.25. The molecule has 1 aliphatic carbocycles. The van der Waals surface area contributed by atoms with E-state index in [4.69, 9.17) is 0 Å². The van der Waals surface area contributed by atoms with Crippen LogP contribution in [0.4, 0.5) is 0 Å². The van der Waals surface area contributed by atoms with E-state index in [-0.39, 0.29) is 12.3 Å². The van der Waals surface area contributed by atoms with Gasteiger partial charge in [-0.1, -0.05) is 77.9 Å². The first-order chi connectivity index (χ1) is 11.1. The van der Waals surface area contributed by atoms with Crippen LogP contribution in [0.1, 0.15) is 36.8 Å². The van der Waals surface area contributed by atoms with Crippen molar-refractivity contribution in [1.29, 1.82) is 0 Å². The fraction of sp³-hybridized carbons (Fsp3) is 0.238. The molecule has 2 heteroatoms. The molecule has 0 spiro atoms. The molecule has 0 fully saturated rings. The molecule has 118 valence electrons. The molecule has 0 saturated carbocycles. The third-order valence-electron chi connectivity index (χ3n) is 4.49. The Morgan fingerprint density at radius 1 is 0.913 bits per heavy atom. The third kappa shape index (κ3) is 3.79. The van der Waals surface area contributed by atoms with E-state index < -0.39 is 5.79 Å². The van der Waals surface area contributed by atoms with Crippen molar-refractivity contribution in [3.63, 3.8) is 0 Å². The molecule has 0 heterocycles. The molecule has 3 rings (SSSR count). The molecule has 2 aromatic carbocycles. The number of benzene rings is 2. The molecule has 0 aliphatic heterocycles. The number of hydrogen-bond donors (Lipinski definition) is 2. The van der Waals surface area contributed by atoms with Gasteiger partial charge in [-0.25, -0.2) is 0 Å². The van der Waals surface area contributed by atoms with Gasteiger partial charge in [0.2, 0.25) is 0 Å². The van der Waals surface area contributed by atoms with E-state index in [0.29, 0.717) is 0 Å². The van der Waals surface area contributed by atoms with Crippen molar-refractivity contribution in [1.82, 2.24) is 0 Å². The van der Waals surface area contributed by atoms with E-state index in [1.54, 1.807) is 0 Å². The first kappa shape index (κ1) is 15.7. The van der Waals surface area contributed by atoms with Crippen LogP contribution in [0.25, 0.3) is 0 Å². The fourth-order valence-electron chi connectivity index (χ4n) is 3.17. The summed E-state index contributed by atoms with van der Waals surface area (Å²) in [6, 6.07) is 20.8. The van der Waals surface area contributed by atoms with Crippen LogP contribution in [0.15, 0.2) is 84.0 Å². The van der Waals surface area contributed by atoms with E-state index in [1.807, 2.05) is 25.1 Å². The van der Waals surface area contributed by atoms with Crippen LogP contribution < -0.4 is 0 Å². The lowest BCUT2D eigenvalue weighted by Gasteiger charge is -2.28. The lowest BCUT2D eigenvalue weighted by molar-refractivity contribution is -0.117. The Hall–Kier alpha value is -2.16. The molecule has 0 saturated heterocycles. The number of hydrogen-bond acceptors (Lipinski definition) is 2. The topological polar surface area (TPSA) is 40.5 Å². The van der Waals surface area contributed by atoms with E-state index in [1.165, 1.54) is 17.2 Å². The normalized spacial score (nSPS) is 16.9. The lowest BCUT2D eigenvalue weighted by atomic mass is 9.81. The maximum atomic E-state index is 9.95. The second-order valence-corrected chi connectivity index (χ2v) is 6.25. The summed E-state index contributed by atoms with van der Waals surface area (Å²) in [6.07, 6.45) is 4.33. The van der Waals surface area contributed by atoms with Crippen molar-refractivity contribution >= 4 is 0 Å². The smallest absolute Gasteiger partial charge is 0.186 e. The summed E-state index contributed by atoms with van der Waals surface area (Å²) in [6.45, 7) is 2.04. The van der Waals surface area contributed by atoms with E-state index >= 15 is 0 Å². The Morgan fingerprint density at radius 2 is 1.43 bits per heavy atom. The summed E-state index contributed by atoms with van der Waals surface area (Å²) >= 11 is 0. The van der Waals surface area contributed by atoms with Crippen molar-refractivity contribution in [3.05, 3.63) is 95.1 Å². The molecule has 0 radical (unpaired) electrons. The molecular formula is C21H22O2. The van der Waals surface area contributed by atoms with Gasteiger partial charge in [0.15, 0.2) is 5.79 Å². The standard InChI is InChI=1S/C21H22O2/c1-16-12-13-21(22,23)15-19(16)14-20(17-8-4-2-5-9-17)18-10-6-3-7-11-18/h2-13,20,22-23H,14-15H2,1H3. The highest BCUT2D eigenvalue weighted by Gasteiger charge is 2.27. The monoisotopic (exact) mass is 306 g/mol. The zero-order valence-electron chi connectivity index (χ0n) is 13.3. The molecular weight excluding hydrogens is 284 g/mol. The van der Waals surface area contributed by atoms with Gasteiger partial charge in [-0.3, -0.25) is 0 Å². The van der Waals surface area contributed by atoms with Crippen molar-refractivity contribution < 1.29 is 10.2 Å². The molecule has 2 N–H and O–H groups in total. The summed E-state index contributed by atoms with van der Waals surface area (Å²) in [5.74, 6) is -1.52. The summed E-state index contributed by atoms with van der Waals surface area (Å²) in [7, 11) is 0. The first-order valence-corrected chi connectivity index (χ1v) is 7.98. The SMILES string of the molecule is CC1=C(CC(c2ccccc2)c2ccccc2)CC(O)(O)C=C1. The molecule has 0 atom stereocenters. The molecule has 2 aromatic rings. The van der Waals surface area contributed by atoms with Crippen molar-refractivity contribution in [2.45, 2.75) is 31.5 Å². The Balaban J connectivity index is 1.96. The Bertz CT molecular complexity index is 673. The summed E-state index contributed by atoms with van der Waals surface area (Å²) in [4.78, 5) is 0. The largest absolute Gasteiger partial charge is 0.362 e. The van der Waals surface area contributed by atoms with Gasteiger partial charge in [-0.15, -0.1) is 0 Å². The number of allylic oxidation sites excluding steroid dienone is 2. The Kier molecular flexibility index (Phi) is 4.46. The van der Waals surface area contributed by atoms with Crippen LogP contribution in [-0.4, -0.2) is 16.0 Å². The van der Waals surface area contributed by atoms with E-state index in [0.717, 1.165) is 17.6 Å². The van der Waals surface area contributed by atoms with Gasteiger partial charge in [-0.05, 0) is 30.5 Å². The highest BCUT2D eigenvalue weighted by molar-refractivity contribution is 5.38. The van der Waals surface area contributed by atoms with Gasteiger partial charge in [0.05, 0.1) is 0 Å². The van der Waals surface area contributed by atoms with Crippen molar-refractivity contribution in [2.24, 2.45) is 0 Å². The maximum absolute atomic E-state index is 9.95. The zero-order valence-corrected chi connectivity index (χ0v) is 13.3. The minimum Gasteiger partial charge on any atom is -0.362 e. The molecule has 0 bridgehead atoms. The Labute approximate surface area is 137 Å². The molecule has 2 nitrogen and oxygen atoms in total. The summed E-state index contributed by atoms with van der Waals surface area (Å²) < 4.78 is 0. The van der Waals surface area contributed by atoms with Gasteiger partial charge in [-0.2, -0.15) is 0 Å². The van der Waals surface area contributed by atoms with Gasteiger partial charge in [0, 0.05) is 12.3 Å². The van der Waals surface area contributed by atoms with Crippen LogP contribution in [0, 0.1) is 0 Å². The predicted octanol–water partition coefficient (Wildman–Crippen LogP) is 4.17. The lowest BCUT2D eigenvalue weighted by Crippen LogP contribution is -2.28. The first-order valence-electron chi connectivity index (χ1n) is 7.98. The molecule has 0 aromatic heterocycles. The average molecular weight is 306 g/mol. The highest BCUT2D eigenvalue weighted by atomic mass is 16.5. The molecule has 23 heavy (non-hydrogen) atoms. The van der Waals surface area contributed by atoms with Crippen molar-refractivity contribution in [2.75, 3.05) is 0 Å². The number of rotatable bonds is 4. The quantitative estimate of drug-likeness (QED) is 0.833. The van der Waals surface area contributed by atoms with E-state index in [2.05, 4.69) is 48.5 Å². The molecule has 1 aliphatic rings. The highest BCUT2D eigenvalue weighted by Crippen LogP contribution is 2.36. The van der Waals surface area contributed by atoms with Crippen molar-refractivity contribution in [3.8, 4) is 0 Å². The Morgan fingerprint density at radius 3 is 1.96 bits per heavy atom. The number of aliphatic hydroxyl groups is 2. The average Bonchev–Trinajstić information content (AvgIpc) is 2.57. The van der Waals surface area contributed by atoms with Crippen LogP contribution in [0.5, 0.6) is 0 Å². The minimum absolute atomic E-state index is 0.213. The summed E-state index contributed by atoms with van der Waals surface area (Å²) in [5, 5.41) is 19.9. The van der Waals surface area contributed by atoms with Crippen LogP contribution in [0.2, 0.25) is 0 Å². The van der Waals surface area contributed by atoms with E-state index in [9.17, 15) is 10.2 Å². The van der Waals surface area contributed by atoms with Crippen LogP contribution in [0.3, 0.4) is 0 Å². The third-order valence-corrected chi connectivity index (χ3v) is 4.49. The summed E-state index contributed by atoms with van der Waals surface area (Å²) in [5.41, 5.74) is 4.71. The molecule has 0 amide bonds.